The van der Waals surface area contributed by atoms with Gasteiger partial charge in [0, 0.05) is 6.42 Å². The second-order valence-electron chi connectivity index (χ2n) is 4.55. The average Bonchev–Trinajstić information content (AvgIpc) is 2.73. The highest BCUT2D eigenvalue weighted by molar-refractivity contribution is 7.99. The molecule has 0 unspecified atom stereocenters. The molecule has 0 bridgehead atoms. The van der Waals surface area contributed by atoms with Crippen molar-refractivity contribution in [3.63, 3.8) is 0 Å². The number of nitrogens with two attached hydrogens (primary N) is 1. The lowest BCUT2D eigenvalue weighted by Crippen LogP contribution is -2.15. The number of aliphatic carboxylic acids is 1. The van der Waals surface area contributed by atoms with Crippen LogP contribution in [-0.2, 0) is 11.2 Å². The van der Waals surface area contributed by atoms with Crippen molar-refractivity contribution in [2.75, 3.05) is 11.6 Å². The summed E-state index contributed by atoms with van der Waals surface area (Å²) in [5.41, 5.74) is 3.55. The first kappa shape index (κ1) is 14.4. The van der Waals surface area contributed by atoms with Crippen LogP contribution in [0.15, 0.2) is 23.4 Å². The van der Waals surface area contributed by atoms with Crippen LogP contribution >= 0.6 is 11.8 Å². The minimum Gasteiger partial charge on any atom is -0.481 e. The van der Waals surface area contributed by atoms with E-state index in [1.807, 2.05) is 6.07 Å². The quantitative estimate of drug-likeness (QED) is 0.638. The van der Waals surface area contributed by atoms with Crippen LogP contribution in [-0.4, -0.2) is 31.7 Å². The Kier molecular flexibility index (Phi) is 4.29. The van der Waals surface area contributed by atoms with Gasteiger partial charge in [-0.3, -0.25) is 4.79 Å². The number of carboxylic acids is 1. The van der Waals surface area contributed by atoms with Crippen LogP contribution < -0.4 is 5.84 Å². The van der Waals surface area contributed by atoms with Gasteiger partial charge in [-0.1, -0.05) is 30.0 Å². The highest BCUT2D eigenvalue weighted by atomic mass is 32.2. The Hall–Kier alpha value is -2.02. The summed E-state index contributed by atoms with van der Waals surface area (Å²) in [7, 11) is 0. The Labute approximate surface area is 121 Å². The molecule has 1 heterocycles. The van der Waals surface area contributed by atoms with Crippen LogP contribution in [0.2, 0.25) is 0 Å². The summed E-state index contributed by atoms with van der Waals surface area (Å²) in [5.74, 6) is 5.50. The van der Waals surface area contributed by atoms with E-state index in [4.69, 9.17) is 10.9 Å². The molecule has 0 saturated heterocycles. The monoisotopic (exact) mass is 292 g/mol. The molecule has 1 aromatic heterocycles. The highest BCUT2D eigenvalue weighted by Gasteiger charge is 2.12. The van der Waals surface area contributed by atoms with Gasteiger partial charge in [0.1, 0.15) is 0 Å². The zero-order valence-electron chi connectivity index (χ0n) is 11.3. The normalized spacial score (nSPS) is 10.7. The molecule has 0 aliphatic carbocycles. The van der Waals surface area contributed by atoms with Crippen molar-refractivity contribution in [2.45, 2.75) is 25.4 Å². The minimum atomic E-state index is -0.909. The number of carboxylic acid groups (broad SMARTS) is 1. The van der Waals surface area contributed by atoms with Gasteiger partial charge >= 0.3 is 5.97 Å². The van der Waals surface area contributed by atoms with Gasteiger partial charge in [0.25, 0.3) is 0 Å². The van der Waals surface area contributed by atoms with Crippen molar-refractivity contribution < 1.29 is 9.90 Å². The lowest BCUT2D eigenvalue weighted by atomic mass is 10.0. The smallest absolute Gasteiger partial charge is 0.313 e. The molecule has 0 fully saturated rings. The zero-order valence-corrected chi connectivity index (χ0v) is 12.1. The Balaban J connectivity index is 2.13. The number of hydrogen-bond acceptors (Lipinski definition) is 5. The molecule has 0 radical (unpaired) electrons. The fourth-order valence-corrected chi connectivity index (χ4v) is 2.34. The summed E-state index contributed by atoms with van der Waals surface area (Å²) >= 11 is 1.06. The molecule has 0 aliphatic heterocycles. The van der Waals surface area contributed by atoms with Gasteiger partial charge < -0.3 is 10.9 Å². The van der Waals surface area contributed by atoms with Gasteiger partial charge in [-0.05, 0) is 30.5 Å². The van der Waals surface area contributed by atoms with Crippen molar-refractivity contribution >= 4 is 17.7 Å². The van der Waals surface area contributed by atoms with Gasteiger partial charge in [0.2, 0.25) is 5.16 Å². The molecule has 20 heavy (non-hydrogen) atoms. The van der Waals surface area contributed by atoms with Crippen molar-refractivity contribution in [1.29, 1.82) is 0 Å². The molecule has 0 spiro atoms. The van der Waals surface area contributed by atoms with Crippen LogP contribution in [0.25, 0.3) is 0 Å². The summed E-state index contributed by atoms with van der Waals surface area (Å²) in [5, 5.41) is 17.0. The largest absolute Gasteiger partial charge is 0.481 e. The molecule has 3 N–H and O–H groups in total. The zero-order chi connectivity index (χ0) is 14.7. The van der Waals surface area contributed by atoms with Crippen molar-refractivity contribution in [2.24, 2.45) is 0 Å². The first-order valence-corrected chi connectivity index (χ1v) is 7.06. The fourth-order valence-electron chi connectivity index (χ4n) is 1.75. The van der Waals surface area contributed by atoms with E-state index in [0.717, 1.165) is 17.3 Å². The third-order valence-corrected chi connectivity index (χ3v) is 3.92. The molecule has 0 saturated carbocycles. The Morgan fingerprint density at radius 1 is 1.35 bits per heavy atom. The van der Waals surface area contributed by atoms with Gasteiger partial charge in [-0.2, -0.15) is 0 Å². The van der Waals surface area contributed by atoms with E-state index in [-0.39, 0.29) is 5.75 Å². The SMILES string of the molecule is Cc1ccc(Cc2nnc(SCC(=O)O)n2N)cc1C. The molecule has 106 valence electrons. The lowest BCUT2D eigenvalue weighted by molar-refractivity contribution is -0.133. The van der Waals surface area contributed by atoms with E-state index in [9.17, 15) is 4.79 Å². The van der Waals surface area contributed by atoms with Crippen molar-refractivity contribution in [1.82, 2.24) is 14.9 Å². The maximum absolute atomic E-state index is 10.5. The highest BCUT2D eigenvalue weighted by Crippen LogP contribution is 2.17. The molecule has 7 heteroatoms. The molecule has 2 aromatic rings. The standard InChI is InChI=1S/C13H16N4O2S/c1-8-3-4-10(5-9(8)2)6-11-15-16-13(17(11)14)20-7-12(18)19/h3-5H,6-7,14H2,1-2H3,(H,18,19). The number of aromatic nitrogens is 3. The van der Waals surface area contributed by atoms with Gasteiger partial charge in [0.05, 0.1) is 5.75 Å². The van der Waals surface area contributed by atoms with E-state index in [1.54, 1.807) is 0 Å². The van der Waals surface area contributed by atoms with Crippen LogP contribution in [0.4, 0.5) is 0 Å². The predicted octanol–water partition coefficient (Wildman–Crippen LogP) is 1.38. The van der Waals surface area contributed by atoms with Crippen molar-refractivity contribution in [3.05, 3.63) is 40.7 Å². The molecular formula is C13H16N4O2S. The van der Waals surface area contributed by atoms with E-state index in [2.05, 4.69) is 36.2 Å². The Morgan fingerprint density at radius 3 is 2.75 bits per heavy atom. The lowest BCUT2D eigenvalue weighted by Gasteiger charge is -2.05. The second kappa shape index (κ2) is 5.96. The van der Waals surface area contributed by atoms with E-state index in [0.29, 0.717) is 17.4 Å². The van der Waals surface area contributed by atoms with Gasteiger partial charge in [0.15, 0.2) is 5.82 Å². The van der Waals surface area contributed by atoms with E-state index >= 15 is 0 Å². The average molecular weight is 292 g/mol. The molecule has 0 amide bonds. The maximum atomic E-state index is 10.5. The number of benzene rings is 1. The summed E-state index contributed by atoms with van der Waals surface area (Å²) in [6.07, 6.45) is 0.568. The molecular weight excluding hydrogens is 276 g/mol. The minimum absolute atomic E-state index is 0.0844. The van der Waals surface area contributed by atoms with E-state index in [1.165, 1.54) is 15.8 Å². The van der Waals surface area contributed by atoms with Crippen LogP contribution in [0, 0.1) is 13.8 Å². The van der Waals surface area contributed by atoms with Crippen LogP contribution in [0.1, 0.15) is 22.5 Å². The number of aryl methyl sites for hydroxylation is 2. The van der Waals surface area contributed by atoms with E-state index < -0.39 is 5.97 Å². The second-order valence-corrected chi connectivity index (χ2v) is 5.49. The third-order valence-electron chi connectivity index (χ3n) is 2.99. The van der Waals surface area contributed by atoms with Crippen LogP contribution in [0.3, 0.4) is 0 Å². The number of thioether (sulfide) groups is 1. The number of nitrogens with zero attached hydrogens (tertiary/aromatic N) is 3. The Bertz CT molecular complexity index is 639. The molecule has 0 atom stereocenters. The Morgan fingerprint density at radius 2 is 2.10 bits per heavy atom. The molecule has 0 aliphatic rings. The number of carbonyl (C=O) groups is 1. The first-order chi connectivity index (χ1) is 9.47. The molecule has 2 rings (SSSR count). The third kappa shape index (κ3) is 3.30. The summed E-state index contributed by atoms with van der Waals surface area (Å²) < 4.78 is 1.35. The van der Waals surface area contributed by atoms with Crippen LogP contribution in [0.5, 0.6) is 0 Å². The predicted molar refractivity (Wildman–Crippen MR) is 77.3 cm³/mol. The van der Waals surface area contributed by atoms with Gasteiger partial charge in [-0.25, -0.2) is 4.68 Å². The summed E-state index contributed by atoms with van der Waals surface area (Å²) in [6.45, 7) is 4.12. The topological polar surface area (TPSA) is 94.0 Å². The maximum Gasteiger partial charge on any atom is 0.313 e. The summed E-state index contributed by atoms with van der Waals surface area (Å²) in [4.78, 5) is 10.5. The number of hydrogen-bond donors (Lipinski definition) is 2. The number of nitrogen functional groups attached to an aromatic ring is 1. The fraction of sp³-hybridized carbons (Fsp3) is 0.308. The van der Waals surface area contributed by atoms with Gasteiger partial charge in [-0.15, -0.1) is 10.2 Å². The first-order valence-electron chi connectivity index (χ1n) is 6.07. The molecule has 1 aromatic carbocycles. The van der Waals surface area contributed by atoms with Crippen molar-refractivity contribution in [3.8, 4) is 0 Å². The number of rotatable bonds is 5. The summed E-state index contributed by atoms with van der Waals surface area (Å²) in [6, 6.07) is 6.18. The molecule has 6 nitrogen and oxygen atoms in total.